The van der Waals surface area contributed by atoms with Crippen LogP contribution >= 0.6 is 0 Å². The third-order valence-electron chi connectivity index (χ3n) is 8.91. The van der Waals surface area contributed by atoms with E-state index < -0.39 is 96.6 Å². The number of nitrogens with zero attached hydrogens (tertiary/aromatic N) is 1. The van der Waals surface area contributed by atoms with E-state index >= 15 is 0 Å². The van der Waals surface area contributed by atoms with Crippen molar-refractivity contribution >= 4 is 35.8 Å². The first-order valence-corrected chi connectivity index (χ1v) is 16.8. The van der Waals surface area contributed by atoms with Gasteiger partial charge >= 0.3 is 24.1 Å². The number of hydroxylamine groups is 2. The maximum Gasteiger partial charge on any atom is 0.422 e. The van der Waals surface area contributed by atoms with Gasteiger partial charge in [0.1, 0.15) is 42.2 Å². The summed E-state index contributed by atoms with van der Waals surface area (Å²) in [6.07, 6.45) is -5.74. The molecule has 7 unspecified atom stereocenters. The van der Waals surface area contributed by atoms with Gasteiger partial charge in [-0.3, -0.25) is 24.0 Å². The summed E-state index contributed by atoms with van der Waals surface area (Å²) < 4.78 is 63.8. The predicted molar refractivity (Wildman–Crippen MR) is 170 cm³/mol. The molecule has 2 bridgehead atoms. The van der Waals surface area contributed by atoms with E-state index in [9.17, 15) is 42.3 Å². The molecule has 1 saturated carbocycles. The molecule has 0 spiro atoms. The number of esters is 3. The first-order valence-electron chi connectivity index (χ1n) is 16.8. The maximum absolute atomic E-state index is 14.1. The molecule has 1 aliphatic carbocycles. The summed E-state index contributed by atoms with van der Waals surface area (Å²) in [6, 6.07) is 4.60. The van der Waals surface area contributed by atoms with Crippen molar-refractivity contribution in [2.45, 2.75) is 101 Å². The normalized spacial score (nSPS) is 27.4. The zero-order valence-corrected chi connectivity index (χ0v) is 28.8. The van der Waals surface area contributed by atoms with Crippen LogP contribution in [0, 0.1) is 5.41 Å². The Balaban J connectivity index is 1.24. The minimum absolute atomic E-state index is 0.0203. The molecule has 1 aromatic rings. The number of hydrogen-bond acceptors (Lipinski definition) is 13. The van der Waals surface area contributed by atoms with Gasteiger partial charge in [-0.05, 0) is 44.4 Å². The second-order valence-electron chi connectivity index (χ2n) is 14.0. The number of benzene rings is 1. The van der Waals surface area contributed by atoms with Gasteiger partial charge in [-0.25, -0.2) is 4.79 Å². The van der Waals surface area contributed by atoms with Gasteiger partial charge < -0.3 is 39.4 Å². The number of carbonyl (C=O) groups excluding carboxylic acids is 5. The number of rotatable bonds is 14. The third-order valence-corrected chi connectivity index (χ3v) is 8.91. The second kappa shape index (κ2) is 15.9. The Hall–Kier alpha value is -4.10. The maximum atomic E-state index is 14.1. The van der Waals surface area contributed by atoms with Crippen LogP contribution in [0.3, 0.4) is 0 Å². The molecule has 1 aromatic carbocycles. The van der Waals surface area contributed by atoms with Crippen LogP contribution in [-0.2, 0) is 59.0 Å². The van der Waals surface area contributed by atoms with Gasteiger partial charge in [-0.2, -0.15) is 18.2 Å². The lowest BCUT2D eigenvalue weighted by molar-refractivity contribution is -0.201. The van der Waals surface area contributed by atoms with E-state index in [0.717, 1.165) is 6.08 Å². The number of nitrogens with one attached hydrogen (secondary N) is 2. The Morgan fingerprint density at radius 1 is 1.13 bits per heavy atom. The highest BCUT2D eigenvalue weighted by atomic mass is 19.4. The molecule has 3 heterocycles. The van der Waals surface area contributed by atoms with E-state index in [4.69, 9.17) is 23.8 Å². The van der Waals surface area contributed by atoms with E-state index in [1.807, 2.05) is 0 Å². The van der Waals surface area contributed by atoms with E-state index in [0.29, 0.717) is 11.1 Å². The van der Waals surface area contributed by atoms with Crippen LogP contribution in [0.2, 0.25) is 0 Å². The lowest BCUT2D eigenvalue weighted by Crippen LogP contribution is -2.69. The molecule has 286 valence electrons. The molecule has 18 heteroatoms. The molecule has 15 nitrogen and oxygen atoms in total. The quantitative estimate of drug-likeness (QED) is 0.141. The predicted octanol–water partition coefficient (Wildman–Crippen LogP) is 1.45. The Morgan fingerprint density at radius 3 is 2.60 bits per heavy atom. The molecule has 5 rings (SSSR count). The van der Waals surface area contributed by atoms with Crippen molar-refractivity contribution in [1.29, 1.82) is 0 Å². The fraction of sp³-hybridized carbons (Fsp3) is 0.618. The van der Waals surface area contributed by atoms with Crippen LogP contribution in [0.15, 0.2) is 30.3 Å². The highest BCUT2D eigenvalue weighted by Crippen LogP contribution is 2.55. The zero-order valence-electron chi connectivity index (χ0n) is 28.8. The molecule has 3 saturated heterocycles. The first-order chi connectivity index (χ1) is 24.5. The minimum Gasteiger partial charge on any atom is -0.460 e. The Kier molecular flexibility index (Phi) is 11.9. The smallest absolute Gasteiger partial charge is 0.422 e. The average Bonchev–Trinajstić information content (AvgIpc) is 3.68. The number of aliphatic hydroxyl groups excluding tert-OH is 1. The average molecular weight is 742 g/mol. The molecule has 52 heavy (non-hydrogen) atoms. The molecule has 4 fully saturated rings. The molecule has 0 aromatic heterocycles. The first kappa shape index (κ1) is 39.1. The summed E-state index contributed by atoms with van der Waals surface area (Å²) in [5.41, 5.74) is -1.16. The van der Waals surface area contributed by atoms with Crippen LogP contribution in [0.25, 0.3) is 6.08 Å². The second-order valence-corrected chi connectivity index (χ2v) is 14.0. The number of ether oxygens (including phenoxy) is 5. The van der Waals surface area contributed by atoms with Crippen LogP contribution in [-0.4, -0.2) is 115 Å². The zero-order chi connectivity index (χ0) is 37.8. The summed E-state index contributed by atoms with van der Waals surface area (Å²) in [7, 11) is 0. The van der Waals surface area contributed by atoms with Crippen molar-refractivity contribution in [2.24, 2.45) is 5.41 Å². The number of carbonyl (C=O) groups is 5. The van der Waals surface area contributed by atoms with Crippen molar-refractivity contribution in [3.63, 3.8) is 0 Å². The number of hydrogen-bond donors (Lipinski definition) is 3. The van der Waals surface area contributed by atoms with Crippen molar-refractivity contribution in [3.8, 4) is 0 Å². The monoisotopic (exact) mass is 741 g/mol. The Morgan fingerprint density at radius 2 is 1.88 bits per heavy atom. The molecular formula is C34H42F3N3O12. The van der Waals surface area contributed by atoms with Gasteiger partial charge in [-0.15, -0.1) is 0 Å². The fourth-order valence-corrected chi connectivity index (χ4v) is 6.82. The van der Waals surface area contributed by atoms with Gasteiger partial charge in [0.25, 0.3) is 0 Å². The van der Waals surface area contributed by atoms with E-state index in [1.54, 1.807) is 45.0 Å². The van der Waals surface area contributed by atoms with E-state index in [-0.39, 0.29) is 45.6 Å². The van der Waals surface area contributed by atoms with Crippen molar-refractivity contribution in [2.75, 3.05) is 26.6 Å². The van der Waals surface area contributed by atoms with Crippen LogP contribution < -0.4 is 10.6 Å². The number of fused-ring (bicyclic) bond motifs is 4. The molecular weight excluding hydrogens is 699 g/mol. The molecule has 4 aliphatic rings. The van der Waals surface area contributed by atoms with Crippen LogP contribution in [0.1, 0.15) is 57.6 Å². The van der Waals surface area contributed by atoms with Crippen LogP contribution in [0.4, 0.5) is 13.2 Å². The van der Waals surface area contributed by atoms with Gasteiger partial charge in [0, 0.05) is 31.9 Å². The number of alkyl halides is 3. The highest BCUT2D eigenvalue weighted by molar-refractivity contribution is 5.94. The number of amides is 2. The van der Waals surface area contributed by atoms with Crippen molar-refractivity contribution in [1.82, 2.24) is 15.7 Å². The number of aliphatic hydroxyl groups is 1. The lowest BCUT2D eigenvalue weighted by Gasteiger charge is -2.48. The van der Waals surface area contributed by atoms with Crippen molar-refractivity contribution < 1.29 is 70.8 Å². The summed E-state index contributed by atoms with van der Waals surface area (Å²) in [6.45, 7) is 2.79. The summed E-state index contributed by atoms with van der Waals surface area (Å²) in [5.74, 6) is -3.42. The molecule has 0 radical (unpaired) electrons. The molecule has 3 aliphatic heterocycles. The van der Waals surface area contributed by atoms with Gasteiger partial charge in [0.2, 0.25) is 11.8 Å². The van der Waals surface area contributed by atoms with Crippen molar-refractivity contribution in [3.05, 3.63) is 41.5 Å². The molecule has 7 atom stereocenters. The van der Waals surface area contributed by atoms with Gasteiger partial charge in [-0.1, -0.05) is 24.3 Å². The Labute approximate surface area is 297 Å². The summed E-state index contributed by atoms with van der Waals surface area (Å²) in [5, 5.41) is 16.5. The largest absolute Gasteiger partial charge is 0.460 e. The highest BCUT2D eigenvalue weighted by Gasteiger charge is 2.74. The van der Waals surface area contributed by atoms with Crippen LogP contribution in [0.5, 0.6) is 0 Å². The third kappa shape index (κ3) is 9.27. The summed E-state index contributed by atoms with van der Waals surface area (Å²) in [4.78, 5) is 70.5. The summed E-state index contributed by atoms with van der Waals surface area (Å²) >= 11 is 0. The lowest BCUT2D eigenvalue weighted by atomic mass is 9.62. The Bertz CT molecular complexity index is 1550. The van der Waals surface area contributed by atoms with Gasteiger partial charge in [0.05, 0.1) is 19.2 Å². The molecule has 3 N–H and O–H groups in total. The minimum atomic E-state index is -4.66. The van der Waals surface area contributed by atoms with E-state index in [1.165, 1.54) is 11.1 Å². The fourth-order valence-electron chi connectivity index (χ4n) is 6.82. The molecule has 2 amide bonds. The van der Waals surface area contributed by atoms with E-state index in [2.05, 4.69) is 15.4 Å². The topological polar surface area (TPSA) is 188 Å². The SMILES string of the molecule is CC(C)(C)OC(=O)CCC(CO)NC(=O)CCNC(=O)C12CC3OC(=O)C1N(Cc1cccc(C=CC(=O)OCC(F)(F)F)c1)OC2C1OCOC31. The van der Waals surface area contributed by atoms with Gasteiger partial charge in [0.15, 0.2) is 12.6 Å². The number of halogens is 3. The standard InChI is InChI=1S/C34H42F3N3O12/c1-32(2,3)51-25(44)10-8-21(16-41)39-23(42)11-12-38-31(46)33-14-22-26-27(49-18-48-26)29(33)52-40(28(33)30(45)50-22)15-20-6-4-5-19(13-20)7-9-24(43)47-17-34(35,36)37/h4-7,9,13,21-22,26-29,41H,8,10-12,14-18H2,1-3H3,(H,38,46)(H,39,42).